The summed E-state index contributed by atoms with van der Waals surface area (Å²) in [5, 5.41) is 18.1. The molecule has 0 heterocycles. The molecule has 0 aliphatic rings. The highest BCUT2D eigenvalue weighted by Gasteiger charge is 2.43. The van der Waals surface area contributed by atoms with E-state index in [1.807, 2.05) is 0 Å². The Labute approximate surface area is 166 Å². The van der Waals surface area contributed by atoms with Crippen LogP contribution in [0.3, 0.4) is 0 Å². The standard InChI is InChI=1S/C20H34O8/c1-13(20(2,3)19(25)26)15(18(24)28-5)12-14(17(23)27-4)10-8-6-7-9-11-16(21)22/h13-15H,6-12H2,1-5H3,(H,21,22)(H,25,26). The van der Waals surface area contributed by atoms with Crippen LogP contribution in [0.5, 0.6) is 0 Å². The SMILES string of the molecule is COC(=O)C(CCCCCCC(=O)O)CC(C(=O)OC)C(C)C(C)(C)C(=O)O. The first-order valence-corrected chi connectivity index (χ1v) is 9.59. The summed E-state index contributed by atoms with van der Waals surface area (Å²) in [6.45, 7) is 4.77. The summed E-state index contributed by atoms with van der Waals surface area (Å²) in [5.74, 6) is -4.71. The van der Waals surface area contributed by atoms with Gasteiger partial charge in [0, 0.05) is 6.42 Å². The van der Waals surface area contributed by atoms with Crippen molar-refractivity contribution in [2.45, 2.75) is 65.7 Å². The summed E-state index contributed by atoms with van der Waals surface area (Å²) >= 11 is 0. The molecule has 8 nitrogen and oxygen atoms in total. The van der Waals surface area contributed by atoms with Crippen LogP contribution in [0.15, 0.2) is 0 Å². The molecule has 0 spiro atoms. The molecule has 2 N–H and O–H groups in total. The van der Waals surface area contributed by atoms with Crippen LogP contribution in [0.1, 0.15) is 65.7 Å². The first-order valence-electron chi connectivity index (χ1n) is 9.59. The van der Waals surface area contributed by atoms with Gasteiger partial charge in [0.05, 0.1) is 31.5 Å². The molecule has 0 aliphatic carbocycles. The highest BCUT2D eigenvalue weighted by molar-refractivity contribution is 5.79. The average molecular weight is 402 g/mol. The van der Waals surface area contributed by atoms with Crippen LogP contribution in [0.4, 0.5) is 0 Å². The number of hydrogen-bond donors (Lipinski definition) is 2. The monoisotopic (exact) mass is 402 g/mol. The molecule has 8 heteroatoms. The maximum Gasteiger partial charge on any atom is 0.309 e. The lowest BCUT2D eigenvalue weighted by Crippen LogP contribution is -2.40. The summed E-state index contributed by atoms with van der Waals surface area (Å²) in [7, 11) is 2.52. The van der Waals surface area contributed by atoms with E-state index in [0.29, 0.717) is 19.3 Å². The van der Waals surface area contributed by atoms with Crippen molar-refractivity contribution in [1.29, 1.82) is 0 Å². The highest BCUT2D eigenvalue weighted by Crippen LogP contribution is 2.37. The second-order valence-electron chi connectivity index (χ2n) is 7.75. The van der Waals surface area contributed by atoms with Gasteiger partial charge in [-0.1, -0.05) is 26.2 Å². The number of carbonyl (C=O) groups excluding carboxylic acids is 2. The van der Waals surface area contributed by atoms with Gasteiger partial charge in [0.2, 0.25) is 0 Å². The number of ether oxygens (including phenoxy) is 2. The van der Waals surface area contributed by atoms with Crippen LogP contribution < -0.4 is 0 Å². The molecule has 0 rings (SSSR count). The van der Waals surface area contributed by atoms with Gasteiger partial charge in [-0.25, -0.2) is 0 Å². The Morgan fingerprint density at radius 1 is 0.893 bits per heavy atom. The number of rotatable bonds is 14. The van der Waals surface area contributed by atoms with E-state index >= 15 is 0 Å². The molecule has 0 saturated carbocycles. The van der Waals surface area contributed by atoms with Crippen molar-refractivity contribution in [3.8, 4) is 0 Å². The lowest BCUT2D eigenvalue weighted by Gasteiger charge is -2.33. The molecule has 0 aromatic carbocycles. The quantitative estimate of drug-likeness (QED) is 0.335. The van der Waals surface area contributed by atoms with Gasteiger partial charge in [-0.05, 0) is 39.0 Å². The lowest BCUT2D eigenvalue weighted by atomic mass is 9.70. The summed E-state index contributed by atoms with van der Waals surface area (Å²) in [6, 6.07) is 0. The van der Waals surface area contributed by atoms with Crippen molar-refractivity contribution >= 4 is 23.9 Å². The summed E-state index contributed by atoms with van der Waals surface area (Å²) in [5.41, 5.74) is -1.17. The number of carboxylic acid groups (broad SMARTS) is 2. The lowest BCUT2D eigenvalue weighted by molar-refractivity contribution is -0.158. The van der Waals surface area contributed by atoms with Crippen LogP contribution in [0, 0.1) is 23.2 Å². The van der Waals surface area contributed by atoms with Gasteiger partial charge in [0.15, 0.2) is 0 Å². The second kappa shape index (κ2) is 12.4. The normalized spacial score (nSPS) is 14.6. The van der Waals surface area contributed by atoms with Gasteiger partial charge in [0.1, 0.15) is 0 Å². The molecule has 0 amide bonds. The zero-order valence-corrected chi connectivity index (χ0v) is 17.5. The molecule has 0 saturated heterocycles. The van der Waals surface area contributed by atoms with Crippen molar-refractivity contribution < 1.29 is 38.9 Å². The second-order valence-corrected chi connectivity index (χ2v) is 7.75. The number of aliphatic carboxylic acids is 2. The Morgan fingerprint density at radius 3 is 1.89 bits per heavy atom. The van der Waals surface area contributed by atoms with E-state index in [1.54, 1.807) is 20.8 Å². The van der Waals surface area contributed by atoms with Crippen molar-refractivity contribution in [2.24, 2.45) is 23.2 Å². The van der Waals surface area contributed by atoms with E-state index in [-0.39, 0.29) is 12.8 Å². The van der Waals surface area contributed by atoms with Gasteiger partial charge < -0.3 is 19.7 Å². The first-order chi connectivity index (χ1) is 13.0. The Balaban J connectivity index is 5.10. The van der Waals surface area contributed by atoms with Crippen LogP contribution >= 0.6 is 0 Å². The van der Waals surface area contributed by atoms with Crippen molar-refractivity contribution in [3.63, 3.8) is 0 Å². The van der Waals surface area contributed by atoms with Gasteiger partial charge in [0.25, 0.3) is 0 Å². The Morgan fingerprint density at radius 2 is 1.43 bits per heavy atom. The summed E-state index contributed by atoms with van der Waals surface area (Å²) in [6.07, 6.45) is 3.51. The van der Waals surface area contributed by atoms with Crippen LogP contribution in [-0.2, 0) is 28.7 Å². The predicted octanol–water partition coefficient (Wildman–Crippen LogP) is 3.13. The highest BCUT2D eigenvalue weighted by atomic mass is 16.5. The van der Waals surface area contributed by atoms with Crippen LogP contribution in [0.25, 0.3) is 0 Å². The molecule has 0 bridgehead atoms. The zero-order chi connectivity index (χ0) is 21.9. The molecule has 3 unspecified atom stereocenters. The van der Waals surface area contributed by atoms with E-state index < -0.39 is 47.0 Å². The number of methoxy groups -OCH3 is 2. The maximum absolute atomic E-state index is 12.3. The van der Waals surface area contributed by atoms with Crippen LogP contribution in [-0.4, -0.2) is 48.3 Å². The third-order valence-corrected chi connectivity index (χ3v) is 5.56. The van der Waals surface area contributed by atoms with Gasteiger partial charge in [-0.2, -0.15) is 0 Å². The molecule has 0 aromatic heterocycles. The molecule has 0 radical (unpaired) electrons. The fourth-order valence-electron chi connectivity index (χ4n) is 3.18. The molecule has 0 aliphatic heterocycles. The van der Waals surface area contributed by atoms with E-state index in [9.17, 15) is 24.3 Å². The molecule has 28 heavy (non-hydrogen) atoms. The fraction of sp³-hybridized carbons (Fsp3) is 0.800. The minimum atomic E-state index is -1.17. The molecular weight excluding hydrogens is 368 g/mol. The Bertz CT molecular complexity index is 540. The molecule has 162 valence electrons. The Hall–Kier alpha value is -2.12. The first kappa shape index (κ1) is 25.9. The van der Waals surface area contributed by atoms with Crippen LogP contribution in [0.2, 0.25) is 0 Å². The van der Waals surface area contributed by atoms with Crippen molar-refractivity contribution in [2.75, 3.05) is 14.2 Å². The molecular formula is C20H34O8. The number of esters is 2. The van der Waals surface area contributed by atoms with E-state index in [0.717, 1.165) is 12.8 Å². The third-order valence-electron chi connectivity index (χ3n) is 5.56. The van der Waals surface area contributed by atoms with Gasteiger partial charge in [-0.3, -0.25) is 19.2 Å². The molecule has 0 aromatic rings. The molecule has 3 atom stereocenters. The van der Waals surface area contributed by atoms with E-state index in [1.165, 1.54) is 14.2 Å². The number of hydrogen-bond acceptors (Lipinski definition) is 6. The fourth-order valence-corrected chi connectivity index (χ4v) is 3.18. The topological polar surface area (TPSA) is 127 Å². The van der Waals surface area contributed by atoms with Crippen molar-refractivity contribution in [1.82, 2.24) is 0 Å². The summed E-state index contributed by atoms with van der Waals surface area (Å²) < 4.78 is 9.73. The minimum Gasteiger partial charge on any atom is -0.481 e. The smallest absolute Gasteiger partial charge is 0.309 e. The largest absolute Gasteiger partial charge is 0.481 e. The van der Waals surface area contributed by atoms with E-state index in [2.05, 4.69) is 0 Å². The van der Waals surface area contributed by atoms with Crippen molar-refractivity contribution in [3.05, 3.63) is 0 Å². The zero-order valence-electron chi connectivity index (χ0n) is 17.5. The third kappa shape index (κ3) is 8.27. The average Bonchev–Trinajstić information content (AvgIpc) is 2.64. The maximum atomic E-state index is 12.3. The Kier molecular flexibility index (Phi) is 11.4. The van der Waals surface area contributed by atoms with Gasteiger partial charge in [-0.15, -0.1) is 0 Å². The number of unbranched alkanes of at least 4 members (excludes halogenated alkanes) is 3. The minimum absolute atomic E-state index is 0.118. The van der Waals surface area contributed by atoms with E-state index in [4.69, 9.17) is 14.6 Å². The predicted molar refractivity (Wildman–Crippen MR) is 102 cm³/mol. The number of carboxylic acids is 2. The number of carbonyl (C=O) groups is 4. The summed E-state index contributed by atoms with van der Waals surface area (Å²) in [4.78, 5) is 46.6. The van der Waals surface area contributed by atoms with Gasteiger partial charge >= 0.3 is 23.9 Å². The molecule has 0 fully saturated rings.